The highest BCUT2D eigenvalue weighted by Crippen LogP contribution is 2.26. The van der Waals surface area contributed by atoms with Crippen LogP contribution in [0.2, 0.25) is 5.02 Å². The zero-order valence-corrected chi connectivity index (χ0v) is 12.4. The first kappa shape index (κ1) is 15.4. The normalized spacial score (nSPS) is 10.5. The minimum absolute atomic E-state index is 0.0276. The summed E-state index contributed by atoms with van der Waals surface area (Å²) in [6.45, 7) is 4.20. The predicted octanol–water partition coefficient (Wildman–Crippen LogP) is 4.28. The van der Waals surface area contributed by atoms with Gasteiger partial charge in [-0.15, -0.1) is 0 Å². The van der Waals surface area contributed by atoms with Gasteiger partial charge in [-0.3, -0.25) is 0 Å². The molecule has 0 bridgehead atoms. The molecular formula is C14H15ClF2N4. The Labute approximate surface area is 126 Å². The van der Waals surface area contributed by atoms with E-state index in [0.717, 1.165) is 18.6 Å². The summed E-state index contributed by atoms with van der Waals surface area (Å²) in [5.41, 5.74) is 0.206. The highest BCUT2D eigenvalue weighted by molar-refractivity contribution is 6.32. The number of benzene rings is 1. The van der Waals surface area contributed by atoms with Gasteiger partial charge < -0.3 is 10.6 Å². The van der Waals surface area contributed by atoms with Crippen LogP contribution < -0.4 is 10.6 Å². The maximum atomic E-state index is 13.8. The third kappa shape index (κ3) is 3.78. The van der Waals surface area contributed by atoms with Gasteiger partial charge in [-0.05, 0) is 25.0 Å². The van der Waals surface area contributed by atoms with Crippen LogP contribution >= 0.6 is 11.6 Å². The lowest BCUT2D eigenvalue weighted by Crippen LogP contribution is -2.06. The molecule has 0 amide bonds. The molecule has 1 heterocycles. The van der Waals surface area contributed by atoms with Gasteiger partial charge in [-0.25, -0.2) is 13.8 Å². The Bertz CT molecular complexity index is 649. The lowest BCUT2D eigenvalue weighted by molar-refractivity contribution is 0.595. The van der Waals surface area contributed by atoms with Crippen LogP contribution in [0, 0.1) is 18.6 Å². The monoisotopic (exact) mass is 312 g/mol. The van der Waals surface area contributed by atoms with Crippen molar-refractivity contribution in [3.05, 3.63) is 40.6 Å². The summed E-state index contributed by atoms with van der Waals surface area (Å²) in [4.78, 5) is 8.15. The average Bonchev–Trinajstić information content (AvgIpc) is 2.45. The Morgan fingerprint density at radius 1 is 1.24 bits per heavy atom. The van der Waals surface area contributed by atoms with Crippen molar-refractivity contribution in [1.29, 1.82) is 0 Å². The summed E-state index contributed by atoms with van der Waals surface area (Å²) in [6, 6.07) is 2.19. The Hall–Kier alpha value is -1.95. The minimum Gasteiger partial charge on any atom is -0.354 e. The average molecular weight is 313 g/mol. The molecule has 2 aromatic rings. The summed E-state index contributed by atoms with van der Waals surface area (Å²) in [5.74, 6) is -0.496. The highest BCUT2D eigenvalue weighted by Gasteiger charge is 2.11. The molecule has 0 atom stereocenters. The second-order valence-electron chi connectivity index (χ2n) is 4.52. The van der Waals surface area contributed by atoms with Crippen LogP contribution in [0.4, 0.5) is 26.2 Å². The molecule has 0 aliphatic rings. The van der Waals surface area contributed by atoms with E-state index in [1.807, 2.05) is 6.92 Å². The molecule has 0 spiro atoms. The van der Waals surface area contributed by atoms with Gasteiger partial charge in [0, 0.05) is 12.6 Å². The van der Waals surface area contributed by atoms with Crippen molar-refractivity contribution in [1.82, 2.24) is 9.97 Å². The van der Waals surface area contributed by atoms with E-state index in [0.29, 0.717) is 12.5 Å². The molecule has 2 rings (SSSR count). The molecule has 0 aliphatic heterocycles. The summed E-state index contributed by atoms with van der Waals surface area (Å²) >= 11 is 5.97. The van der Waals surface area contributed by atoms with Gasteiger partial charge in [0.15, 0.2) is 5.82 Å². The molecule has 112 valence electrons. The second-order valence-corrected chi connectivity index (χ2v) is 4.93. The van der Waals surface area contributed by atoms with E-state index in [2.05, 4.69) is 20.6 Å². The van der Waals surface area contributed by atoms with Crippen LogP contribution in [0.25, 0.3) is 0 Å². The highest BCUT2D eigenvalue weighted by atomic mass is 35.5. The van der Waals surface area contributed by atoms with Crippen molar-refractivity contribution in [2.24, 2.45) is 0 Å². The van der Waals surface area contributed by atoms with E-state index in [-0.39, 0.29) is 22.1 Å². The van der Waals surface area contributed by atoms with Crippen LogP contribution in [-0.2, 0) is 0 Å². The fourth-order valence-corrected chi connectivity index (χ4v) is 1.78. The Morgan fingerprint density at radius 2 is 2.00 bits per heavy atom. The lowest BCUT2D eigenvalue weighted by atomic mass is 10.2. The number of halogens is 3. The summed E-state index contributed by atoms with van der Waals surface area (Å²) in [5, 5.41) is 5.90. The summed E-state index contributed by atoms with van der Waals surface area (Å²) in [6.07, 6.45) is 2.31. The SMILES string of the molecule is CCCNc1ncc(Cl)c(Nc2cc(F)c(C)cc2F)n1. The molecule has 21 heavy (non-hydrogen) atoms. The standard InChI is InChI=1S/C14H15ClF2N4/c1-3-4-18-14-19-7-9(15)13(21-14)20-12-6-10(16)8(2)5-11(12)17/h5-7H,3-4H2,1-2H3,(H2,18,19,20,21). The maximum Gasteiger partial charge on any atom is 0.224 e. The second kappa shape index (κ2) is 6.67. The van der Waals surface area contributed by atoms with Crippen LogP contribution in [0.1, 0.15) is 18.9 Å². The van der Waals surface area contributed by atoms with Gasteiger partial charge in [0.25, 0.3) is 0 Å². The zero-order chi connectivity index (χ0) is 15.4. The third-order valence-corrected chi connectivity index (χ3v) is 3.06. The van der Waals surface area contributed by atoms with Crippen molar-refractivity contribution in [2.45, 2.75) is 20.3 Å². The largest absolute Gasteiger partial charge is 0.354 e. The molecular weight excluding hydrogens is 298 g/mol. The van der Waals surface area contributed by atoms with E-state index in [9.17, 15) is 8.78 Å². The van der Waals surface area contributed by atoms with Gasteiger partial charge in [0.1, 0.15) is 16.7 Å². The van der Waals surface area contributed by atoms with E-state index >= 15 is 0 Å². The molecule has 7 heteroatoms. The minimum atomic E-state index is -0.577. The van der Waals surface area contributed by atoms with E-state index in [4.69, 9.17) is 11.6 Å². The van der Waals surface area contributed by atoms with Crippen LogP contribution in [-0.4, -0.2) is 16.5 Å². The Morgan fingerprint density at radius 3 is 2.71 bits per heavy atom. The molecule has 4 nitrogen and oxygen atoms in total. The first-order chi connectivity index (χ1) is 10.0. The van der Waals surface area contributed by atoms with Crippen molar-refractivity contribution in [3.63, 3.8) is 0 Å². The van der Waals surface area contributed by atoms with Crippen LogP contribution in [0.5, 0.6) is 0 Å². The fourth-order valence-electron chi connectivity index (χ4n) is 1.65. The first-order valence-corrected chi connectivity index (χ1v) is 6.88. The van der Waals surface area contributed by atoms with E-state index in [1.165, 1.54) is 13.1 Å². The zero-order valence-electron chi connectivity index (χ0n) is 11.7. The van der Waals surface area contributed by atoms with E-state index < -0.39 is 11.6 Å². The molecule has 2 N–H and O–H groups in total. The smallest absolute Gasteiger partial charge is 0.224 e. The molecule has 0 radical (unpaired) electrons. The Kier molecular flexibility index (Phi) is 4.90. The number of nitrogens with zero attached hydrogens (tertiary/aromatic N) is 2. The van der Waals surface area contributed by atoms with Crippen molar-refractivity contribution < 1.29 is 8.78 Å². The molecule has 0 unspecified atom stereocenters. The third-order valence-electron chi connectivity index (χ3n) is 2.78. The number of aryl methyl sites for hydroxylation is 1. The molecule has 0 saturated heterocycles. The Balaban J connectivity index is 2.28. The first-order valence-electron chi connectivity index (χ1n) is 6.50. The van der Waals surface area contributed by atoms with Gasteiger partial charge in [-0.1, -0.05) is 18.5 Å². The number of anilines is 3. The summed E-state index contributed by atoms with van der Waals surface area (Å²) < 4.78 is 27.3. The molecule has 1 aromatic carbocycles. The number of nitrogens with one attached hydrogen (secondary N) is 2. The van der Waals surface area contributed by atoms with E-state index in [1.54, 1.807) is 0 Å². The van der Waals surface area contributed by atoms with Gasteiger partial charge >= 0.3 is 0 Å². The molecule has 0 aliphatic carbocycles. The van der Waals surface area contributed by atoms with Crippen molar-refractivity contribution >= 4 is 29.1 Å². The number of aromatic nitrogens is 2. The molecule has 1 aromatic heterocycles. The number of rotatable bonds is 5. The number of hydrogen-bond donors (Lipinski definition) is 2. The predicted molar refractivity (Wildman–Crippen MR) is 80.2 cm³/mol. The fraction of sp³-hybridized carbons (Fsp3) is 0.286. The van der Waals surface area contributed by atoms with Gasteiger partial charge in [0.05, 0.1) is 11.9 Å². The lowest BCUT2D eigenvalue weighted by Gasteiger charge is -2.11. The van der Waals surface area contributed by atoms with Crippen molar-refractivity contribution in [2.75, 3.05) is 17.2 Å². The van der Waals surface area contributed by atoms with Crippen molar-refractivity contribution in [3.8, 4) is 0 Å². The van der Waals surface area contributed by atoms with Gasteiger partial charge in [-0.2, -0.15) is 4.98 Å². The summed E-state index contributed by atoms with van der Waals surface area (Å²) in [7, 11) is 0. The van der Waals surface area contributed by atoms with Crippen LogP contribution in [0.3, 0.4) is 0 Å². The molecule has 0 saturated carbocycles. The number of hydrogen-bond acceptors (Lipinski definition) is 4. The quantitative estimate of drug-likeness (QED) is 0.865. The van der Waals surface area contributed by atoms with Crippen LogP contribution in [0.15, 0.2) is 18.3 Å². The van der Waals surface area contributed by atoms with Gasteiger partial charge in [0.2, 0.25) is 5.95 Å². The molecule has 0 fully saturated rings. The topological polar surface area (TPSA) is 49.8 Å². The maximum absolute atomic E-state index is 13.8.